The van der Waals surface area contributed by atoms with Crippen LogP contribution in [0.5, 0.6) is 11.5 Å². The lowest BCUT2D eigenvalue weighted by Crippen LogP contribution is -1.98. The smallest absolute Gasteiger partial charge is 0.232 e. The van der Waals surface area contributed by atoms with E-state index >= 15 is 0 Å². The molecule has 120 valence electrons. The zero-order chi connectivity index (χ0) is 16.9. The molecule has 3 aromatic rings. The lowest BCUT2D eigenvalue weighted by molar-refractivity contribution is 0.251. The Balaban J connectivity index is 1.73. The summed E-state index contributed by atoms with van der Waals surface area (Å²) in [6.45, 7) is 0.142. The largest absolute Gasteiger partial charge is 0.493 e. The standard InChI is InChI=1S/C18H13ClN2O3/c1-22-16-7-12(9-20)5-6-15(16)23-11-18-21-10-17(24-18)13-3-2-4-14(19)8-13/h2-8,10H,11H2,1H3. The van der Waals surface area contributed by atoms with Crippen molar-refractivity contribution in [2.75, 3.05) is 7.11 Å². The van der Waals surface area contributed by atoms with Crippen molar-refractivity contribution in [2.45, 2.75) is 6.61 Å². The molecule has 5 nitrogen and oxygen atoms in total. The molecule has 1 heterocycles. The third-order valence-corrected chi connectivity index (χ3v) is 3.54. The molecule has 0 aliphatic carbocycles. The highest BCUT2D eigenvalue weighted by molar-refractivity contribution is 6.30. The van der Waals surface area contributed by atoms with Crippen LogP contribution in [-0.2, 0) is 6.61 Å². The first-order chi connectivity index (χ1) is 11.7. The van der Waals surface area contributed by atoms with Crippen molar-refractivity contribution >= 4 is 11.6 Å². The third-order valence-electron chi connectivity index (χ3n) is 3.31. The number of hydrogen-bond donors (Lipinski definition) is 0. The second kappa shape index (κ2) is 7.07. The van der Waals surface area contributed by atoms with Gasteiger partial charge in [0.25, 0.3) is 0 Å². The summed E-state index contributed by atoms with van der Waals surface area (Å²) in [6, 6.07) is 14.3. The Morgan fingerprint density at radius 3 is 2.83 bits per heavy atom. The zero-order valence-electron chi connectivity index (χ0n) is 12.8. The molecule has 0 saturated heterocycles. The van der Waals surface area contributed by atoms with Crippen LogP contribution in [-0.4, -0.2) is 12.1 Å². The van der Waals surface area contributed by atoms with Gasteiger partial charge in [-0.15, -0.1) is 0 Å². The molecule has 0 saturated carbocycles. The molecule has 0 radical (unpaired) electrons. The Labute approximate surface area is 144 Å². The molecule has 0 amide bonds. The number of hydrogen-bond acceptors (Lipinski definition) is 5. The highest BCUT2D eigenvalue weighted by Gasteiger charge is 2.10. The fourth-order valence-corrected chi connectivity index (χ4v) is 2.34. The number of oxazole rings is 1. The van der Waals surface area contributed by atoms with Crippen LogP contribution >= 0.6 is 11.6 Å². The average molecular weight is 341 g/mol. The third kappa shape index (κ3) is 3.50. The molecule has 1 aromatic heterocycles. The number of halogens is 1. The molecule has 0 atom stereocenters. The summed E-state index contributed by atoms with van der Waals surface area (Å²) in [7, 11) is 1.52. The van der Waals surface area contributed by atoms with E-state index in [1.807, 2.05) is 12.1 Å². The van der Waals surface area contributed by atoms with Crippen molar-refractivity contribution in [1.29, 1.82) is 5.26 Å². The van der Waals surface area contributed by atoms with Gasteiger partial charge in [0.15, 0.2) is 23.9 Å². The molecule has 24 heavy (non-hydrogen) atoms. The Bertz CT molecular complexity index is 899. The molecule has 0 bridgehead atoms. The van der Waals surface area contributed by atoms with Gasteiger partial charge in [-0.2, -0.15) is 5.26 Å². The second-order valence-electron chi connectivity index (χ2n) is 4.89. The van der Waals surface area contributed by atoms with E-state index in [1.54, 1.807) is 36.5 Å². The molecule has 0 aliphatic rings. The molecule has 0 aliphatic heterocycles. The van der Waals surface area contributed by atoms with Gasteiger partial charge >= 0.3 is 0 Å². The van der Waals surface area contributed by atoms with Crippen molar-refractivity contribution in [3.63, 3.8) is 0 Å². The van der Waals surface area contributed by atoms with E-state index in [0.29, 0.717) is 33.7 Å². The maximum atomic E-state index is 8.91. The summed E-state index contributed by atoms with van der Waals surface area (Å²) in [6.07, 6.45) is 1.63. The molecule has 3 rings (SSSR count). The predicted octanol–water partition coefficient (Wildman–Crippen LogP) is 4.45. The summed E-state index contributed by atoms with van der Waals surface area (Å²) in [4.78, 5) is 4.20. The van der Waals surface area contributed by atoms with Gasteiger partial charge in [-0.1, -0.05) is 23.7 Å². The summed E-state index contributed by atoms with van der Waals surface area (Å²) >= 11 is 5.98. The van der Waals surface area contributed by atoms with Crippen LogP contribution < -0.4 is 9.47 Å². The van der Waals surface area contributed by atoms with Gasteiger partial charge in [0, 0.05) is 16.7 Å². The molecule has 0 spiro atoms. The van der Waals surface area contributed by atoms with E-state index in [-0.39, 0.29) is 6.61 Å². The normalized spacial score (nSPS) is 10.2. The maximum absolute atomic E-state index is 8.91. The lowest BCUT2D eigenvalue weighted by Gasteiger charge is -2.09. The Hall–Kier alpha value is -2.97. The van der Waals surface area contributed by atoms with Crippen molar-refractivity contribution in [3.05, 3.63) is 65.1 Å². The first-order valence-electron chi connectivity index (χ1n) is 7.11. The Morgan fingerprint density at radius 2 is 2.08 bits per heavy atom. The number of nitriles is 1. The van der Waals surface area contributed by atoms with Gasteiger partial charge in [0.1, 0.15) is 0 Å². The minimum atomic E-state index is 0.142. The topological polar surface area (TPSA) is 68.3 Å². The number of benzene rings is 2. The molecular weight excluding hydrogens is 328 g/mol. The Kier molecular flexibility index (Phi) is 4.69. The number of ether oxygens (including phenoxy) is 2. The summed E-state index contributed by atoms with van der Waals surface area (Å²) in [5.41, 5.74) is 1.34. The van der Waals surface area contributed by atoms with Gasteiger partial charge in [-0.25, -0.2) is 4.98 Å². The van der Waals surface area contributed by atoms with Crippen molar-refractivity contribution in [3.8, 4) is 28.9 Å². The molecule has 0 unspecified atom stereocenters. The molecular formula is C18H13ClN2O3. The molecule has 2 aromatic carbocycles. The Morgan fingerprint density at radius 1 is 1.21 bits per heavy atom. The molecule has 6 heteroatoms. The van der Waals surface area contributed by atoms with Crippen molar-refractivity contribution < 1.29 is 13.9 Å². The van der Waals surface area contributed by atoms with Crippen LogP contribution in [0.15, 0.2) is 53.1 Å². The predicted molar refractivity (Wildman–Crippen MR) is 89.0 cm³/mol. The highest BCUT2D eigenvalue weighted by atomic mass is 35.5. The van der Waals surface area contributed by atoms with Crippen LogP contribution in [0.4, 0.5) is 0 Å². The molecule has 0 fully saturated rings. The highest BCUT2D eigenvalue weighted by Crippen LogP contribution is 2.29. The van der Waals surface area contributed by atoms with E-state index in [2.05, 4.69) is 11.1 Å². The minimum Gasteiger partial charge on any atom is -0.493 e. The van der Waals surface area contributed by atoms with Crippen LogP contribution in [0.1, 0.15) is 11.5 Å². The quantitative estimate of drug-likeness (QED) is 0.686. The first kappa shape index (κ1) is 15.9. The fraction of sp³-hybridized carbons (Fsp3) is 0.111. The minimum absolute atomic E-state index is 0.142. The van der Waals surface area contributed by atoms with Gasteiger partial charge < -0.3 is 13.9 Å². The van der Waals surface area contributed by atoms with E-state index in [4.69, 9.17) is 30.8 Å². The van der Waals surface area contributed by atoms with E-state index < -0.39 is 0 Å². The molecule has 0 N–H and O–H groups in total. The monoisotopic (exact) mass is 340 g/mol. The van der Waals surface area contributed by atoms with Crippen molar-refractivity contribution in [2.24, 2.45) is 0 Å². The lowest BCUT2D eigenvalue weighted by atomic mass is 10.2. The first-order valence-corrected chi connectivity index (χ1v) is 7.49. The van der Waals surface area contributed by atoms with Gasteiger partial charge in [-0.3, -0.25) is 0 Å². The maximum Gasteiger partial charge on any atom is 0.232 e. The van der Waals surface area contributed by atoms with Crippen LogP contribution in [0.3, 0.4) is 0 Å². The van der Waals surface area contributed by atoms with E-state index in [9.17, 15) is 0 Å². The van der Waals surface area contributed by atoms with Gasteiger partial charge in [0.05, 0.1) is 24.9 Å². The number of aromatic nitrogens is 1. The van der Waals surface area contributed by atoms with Gasteiger partial charge in [0.2, 0.25) is 5.89 Å². The van der Waals surface area contributed by atoms with E-state index in [1.165, 1.54) is 7.11 Å². The number of nitrogens with zero attached hydrogens (tertiary/aromatic N) is 2. The van der Waals surface area contributed by atoms with Crippen LogP contribution in [0.2, 0.25) is 5.02 Å². The zero-order valence-corrected chi connectivity index (χ0v) is 13.6. The van der Waals surface area contributed by atoms with Gasteiger partial charge in [-0.05, 0) is 24.3 Å². The average Bonchev–Trinajstić information content (AvgIpc) is 3.09. The number of rotatable bonds is 5. The van der Waals surface area contributed by atoms with Crippen LogP contribution in [0, 0.1) is 11.3 Å². The number of methoxy groups -OCH3 is 1. The second-order valence-corrected chi connectivity index (χ2v) is 5.33. The summed E-state index contributed by atoms with van der Waals surface area (Å²) < 4.78 is 16.6. The van der Waals surface area contributed by atoms with Crippen molar-refractivity contribution in [1.82, 2.24) is 4.98 Å². The van der Waals surface area contributed by atoms with E-state index in [0.717, 1.165) is 5.56 Å². The summed E-state index contributed by atoms with van der Waals surface area (Å²) in [5, 5.41) is 9.53. The fourth-order valence-electron chi connectivity index (χ4n) is 2.15. The SMILES string of the molecule is COc1cc(C#N)ccc1OCc1ncc(-c2cccc(Cl)c2)o1. The van der Waals surface area contributed by atoms with Crippen LogP contribution in [0.25, 0.3) is 11.3 Å². The summed E-state index contributed by atoms with van der Waals surface area (Å²) in [5.74, 6) is 2.04.